The molecule has 1 aliphatic heterocycles. The van der Waals surface area contributed by atoms with Crippen LogP contribution in [-0.4, -0.2) is 49.3 Å². The van der Waals surface area contributed by atoms with E-state index in [4.69, 9.17) is 0 Å². The van der Waals surface area contributed by atoms with Crippen LogP contribution >= 0.6 is 0 Å². The highest BCUT2D eigenvalue weighted by molar-refractivity contribution is 5.97. The molecular formula is C16H23N3O2. The Morgan fingerprint density at radius 3 is 2.90 bits per heavy atom. The Morgan fingerprint density at radius 2 is 2.24 bits per heavy atom. The number of nitrogens with zero attached hydrogens (tertiary/aromatic N) is 1. The van der Waals surface area contributed by atoms with E-state index in [0.29, 0.717) is 23.8 Å². The zero-order valence-electron chi connectivity index (χ0n) is 12.7. The third kappa shape index (κ3) is 4.65. The van der Waals surface area contributed by atoms with Gasteiger partial charge in [-0.2, -0.15) is 0 Å². The fourth-order valence-corrected chi connectivity index (χ4v) is 2.58. The summed E-state index contributed by atoms with van der Waals surface area (Å²) in [5.74, 6) is -0.0553. The number of piperidine rings is 1. The Balaban J connectivity index is 1.89. The number of amides is 1. The van der Waals surface area contributed by atoms with Gasteiger partial charge in [0.05, 0.1) is 6.54 Å². The molecule has 0 aliphatic carbocycles. The van der Waals surface area contributed by atoms with Crippen molar-refractivity contribution in [3.8, 4) is 0 Å². The van der Waals surface area contributed by atoms with Crippen molar-refractivity contribution in [1.82, 2.24) is 10.2 Å². The minimum absolute atomic E-state index is 0.00324. The topological polar surface area (TPSA) is 61.4 Å². The molecule has 1 heterocycles. The van der Waals surface area contributed by atoms with E-state index >= 15 is 0 Å². The fourth-order valence-electron chi connectivity index (χ4n) is 2.58. The first-order chi connectivity index (χ1) is 10.1. The van der Waals surface area contributed by atoms with Crippen LogP contribution in [0.25, 0.3) is 0 Å². The predicted octanol–water partition coefficient (Wildman–Crippen LogP) is 1.51. The highest BCUT2D eigenvalue weighted by Gasteiger charge is 2.19. The van der Waals surface area contributed by atoms with Gasteiger partial charge in [-0.15, -0.1) is 0 Å². The van der Waals surface area contributed by atoms with Crippen LogP contribution in [-0.2, 0) is 4.79 Å². The molecular weight excluding hydrogens is 266 g/mol. The zero-order valence-corrected chi connectivity index (χ0v) is 12.7. The largest absolute Gasteiger partial charge is 0.325 e. The van der Waals surface area contributed by atoms with E-state index < -0.39 is 0 Å². The molecule has 1 aromatic carbocycles. The minimum atomic E-state index is -0.0521. The van der Waals surface area contributed by atoms with E-state index in [1.165, 1.54) is 6.92 Å². The normalized spacial score (nSPS) is 18.5. The highest BCUT2D eigenvalue weighted by Crippen LogP contribution is 2.12. The van der Waals surface area contributed by atoms with Crippen LogP contribution in [0.3, 0.4) is 0 Å². The Bertz CT molecular complexity index is 510. The van der Waals surface area contributed by atoms with Gasteiger partial charge in [0.15, 0.2) is 5.78 Å². The van der Waals surface area contributed by atoms with Gasteiger partial charge in [-0.25, -0.2) is 0 Å². The number of carbonyl (C=O) groups is 2. The van der Waals surface area contributed by atoms with E-state index in [2.05, 4.69) is 15.5 Å². The first-order valence-electron chi connectivity index (χ1n) is 7.38. The molecule has 0 aromatic heterocycles. The van der Waals surface area contributed by atoms with Gasteiger partial charge in [0, 0.05) is 23.8 Å². The van der Waals surface area contributed by atoms with Gasteiger partial charge in [0.2, 0.25) is 5.91 Å². The smallest absolute Gasteiger partial charge is 0.238 e. The number of nitrogens with one attached hydrogen (secondary N) is 2. The number of likely N-dealkylation sites (N-methyl/N-ethyl adjacent to an activating group) is 1. The van der Waals surface area contributed by atoms with Crippen LogP contribution in [0.1, 0.15) is 30.1 Å². The van der Waals surface area contributed by atoms with Crippen LogP contribution in [0, 0.1) is 0 Å². The molecule has 1 amide bonds. The van der Waals surface area contributed by atoms with E-state index in [1.54, 1.807) is 24.3 Å². The number of anilines is 1. The number of hydrogen-bond acceptors (Lipinski definition) is 4. The lowest BCUT2D eigenvalue weighted by atomic mass is 10.1. The fraction of sp³-hybridized carbons (Fsp3) is 0.500. The summed E-state index contributed by atoms with van der Waals surface area (Å²) in [6.45, 7) is 3.87. The minimum Gasteiger partial charge on any atom is -0.325 e. The van der Waals surface area contributed by atoms with Crippen molar-refractivity contribution in [2.24, 2.45) is 0 Å². The molecule has 114 valence electrons. The van der Waals surface area contributed by atoms with Crippen LogP contribution in [0.2, 0.25) is 0 Å². The van der Waals surface area contributed by atoms with Crippen molar-refractivity contribution in [2.75, 3.05) is 32.0 Å². The van der Waals surface area contributed by atoms with Crippen LogP contribution in [0.15, 0.2) is 24.3 Å². The maximum atomic E-state index is 12.1. The summed E-state index contributed by atoms with van der Waals surface area (Å²) in [7, 11) is 1.98. The molecule has 1 aromatic rings. The summed E-state index contributed by atoms with van der Waals surface area (Å²) >= 11 is 0. The predicted molar refractivity (Wildman–Crippen MR) is 83.6 cm³/mol. The average Bonchev–Trinajstić information content (AvgIpc) is 2.48. The molecule has 0 radical (unpaired) electrons. The Kier molecular flexibility index (Phi) is 5.47. The second-order valence-corrected chi connectivity index (χ2v) is 5.60. The van der Waals surface area contributed by atoms with E-state index in [0.717, 1.165) is 25.9 Å². The molecule has 5 nitrogen and oxygen atoms in total. The molecule has 1 atom stereocenters. The lowest BCUT2D eigenvalue weighted by molar-refractivity contribution is -0.117. The Hall–Kier alpha value is -1.72. The van der Waals surface area contributed by atoms with Gasteiger partial charge in [0.25, 0.3) is 0 Å². The quantitative estimate of drug-likeness (QED) is 0.807. The Morgan fingerprint density at radius 1 is 1.43 bits per heavy atom. The first-order valence-corrected chi connectivity index (χ1v) is 7.38. The van der Waals surface area contributed by atoms with Gasteiger partial charge in [0.1, 0.15) is 0 Å². The third-order valence-corrected chi connectivity index (χ3v) is 3.84. The molecule has 1 fully saturated rings. The van der Waals surface area contributed by atoms with Crippen molar-refractivity contribution < 1.29 is 9.59 Å². The van der Waals surface area contributed by atoms with Crippen LogP contribution < -0.4 is 10.6 Å². The molecule has 1 aliphatic rings. The summed E-state index contributed by atoms with van der Waals surface area (Å²) in [4.78, 5) is 25.5. The molecule has 0 bridgehead atoms. The summed E-state index contributed by atoms with van der Waals surface area (Å²) in [5.41, 5.74) is 1.28. The number of ketones is 1. The SMILES string of the molecule is CC(=O)c1cccc(NC(=O)CN(C)C2CCCNC2)c1. The molecule has 1 saturated heterocycles. The molecule has 2 rings (SSSR count). The Labute approximate surface area is 125 Å². The summed E-state index contributed by atoms with van der Waals surface area (Å²) in [6, 6.07) is 7.45. The average molecular weight is 289 g/mol. The highest BCUT2D eigenvalue weighted by atomic mass is 16.2. The second kappa shape index (κ2) is 7.33. The molecule has 0 spiro atoms. The monoisotopic (exact) mass is 289 g/mol. The number of Topliss-reactive ketones (excluding diaryl/α,β-unsaturated/α-hetero) is 1. The molecule has 21 heavy (non-hydrogen) atoms. The van der Waals surface area contributed by atoms with Crippen LogP contribution in [0.4, 0.5) is 5.69 Å². The van der Waals surface area contributed by atoms with Gasteiger partial charge in [-0.3, -0.25) is 14.5 Å². The first kappa shape index (κ1) is 15.7. The number of rotatable bonds is 5. The standard InChI is InChI=1S/C16H23N3O2/c1-12(20)13-5-3-6-14(9-13)18-16(21)11-19(2)15-7-4-8-17-10-15/h3,5-6,9,15,17H,4,7-8,10-11H2,1-2H3,(H,18,21). The summed E-state index contributed by atoms with van der Waals surface area (Å²) in [6.07, 6.45) is 2.27. The summed E-state index contributed by atoms with van der Waals surface area (Å²) in [5, 5.41) is 6.20. The lowest BCUT2D eigenvalue weighted by Gasteiger charge is -2.31. The maximum Gasteiger partial charge on any atom is 0.238 e. The molecule has 1 unspecified atom stereocenters. The van der Waals surface area contributed by atoms with Crippen molar-refractivity contribution in [3.05, 3.63) is 29.8 Å². The van der Waals surface area contributed by atoms with Gasteiger partial charge in [-0.05, 0) is 45.5 Å². The van der Waals surface area contributed by atoms with Crippen molar-refractivity contribution in [1.29, 1.82) is 0 Å². The van der Waals surface area contributed by atoms with Crippen molar-refractivity contribution in [3.63, 3.8) is 0 Å². The molecule has 0 saturated carbocycles. The molecule has 5 heteroatoms. The van der Waals surface area contributed by atoms with E-state index in [1.807, 2.05) is 7.05 Å². The lowest BCUT2D eigenvalue weighted by Crippen LogP contribution is -2.46. The van der Waals surface area contributed by atoms with Crippen molar-refractivity contribution in [2.45, 2.75) is 25.8 Å². The second-order valence-electron chi connectivity index (χ2n) is 5.60. The maximum absolute atomic E-state index is 12.1. The van der Waals surface area contributed by atoms with Gasteiger partial charge in [-0.1, -0.05) is 12.1 Å². The van der Waals surface area contributed by atoms with Gasteiger partial charge >= 0.3 is 0 Å². The van der Waals surface area contributed by atoms with E-state index in [-0.39, 0.29) is 11.7 Å². The number of carbonyl (C=O) groups excluding carboxylic acids is 2. The number of benzene rings is 1. The summed E-state index contributed by atoms with van der Waals surface area (Å²) < 4.78 is 0. The zero-order chi connectivity index (χ0) is 15.2. The number of hydrogen-bond donors (Lipinski definition) is 2. The molecule has 2 N–H and O–H groups in total. The van der Waals surface area contributed by atoms with E-state index in [9.17, 15) is 9.59 Å². The van der Waals surface area contributed by atoms with Crippen LogP contribution in [0.5, 0.6) is 0 Å². The van der Waals surface area contributed by atoms with Crippen molar-refractivity contribution >= 4 is 17.4 Å². The third-order valence-electron chi connectivity index (χ3n) is 3.84. The van der Waals surface area contributed by atoms with Gasteiger partial charge < -0.3 is 10.6 Å².